The molecule has 2 heterocycles. The molecule has 2 aromatic rings. The minimum Gasteiger partial charge on any atom is -0.326 e. The Balaban J connectivity index is 1.62. The van der Waals surface area contributed by atoms with Gasteiger partial charge < -0.3 is 5.32 Å². The monoisotopic (exact) mass is 476 g/mol. The summed E-state index contributed by atoms with van der Waals surface area (Å²) in [6.07, 6.45) is 5.36. The molecule has 9 heteroatoms. The van der Waals surface area contributed by atoms with E-state index in [0.29, 0.717) is 29.8 Å². The molecule has 2 fully saturated rings. The van der Waals surface area contributed by atoms with Crippen molar-refractivity contribution >= 4 is 38.7 Å². The number of anilines is 1. The lowest BCUT2D eigenvalue weighted by Gasteiger charge is -2.35. The maximum atomic E-state index is 13.1. The number of hydrogen-bond acceptors (Lipinski definition) is 6. The maximum Gasteiger partial charge on any atom is 0.245 e. The van der Waals surface area contributed by atoms with E-state index in [1.165, 1.54) is 11.3 Å². The Kier molecular flexibility index (Phi) is 6.69. The number of carbonyl (C=O) groups is 2. The highest BCUT2D eigenvalue weighted by Gasteiger charge is 2.49. The van der Waals surface area contributed by atoms with Crippen molar-refractivity contribution in [2.24, 2.45) is 5.92 Å². The zero-order chi connectivity index (χ0) is 22.8. The van der Waals surface area contributed by atoms with E-state index in [4.69, 9.17) is 5.21 Å². The van der Waals surface area contributed by atoms with Gasteiger partial charge in [-0.1, -0.05) is 31.4 Å². The number of hydroxylamine groups is 1. The first-order valence-corrected chi connectivity index (χ1v) is 13.5. The van der Waals surface area contributed by atoms with Crippen molar-refractivity contribution in [3.05, 3.63) is 41.3 Å². The summed E-state index contributed by atoms with van der Waals surface area (Å²) in [4.78, 5) is 26.0. The minimum atomic E-state index is -3.56. The predicted molar refractivity (Wildman–Crippen MR) is 124 cm³/mol. The number of rotatable bonds is 6. The van der Waals surface area contributed by atoms with Crippen LogP contribution in [0.2, 0.25) is 0 Å². The van der Waals surface area contributed by atoms with Crippen LogP contribution in [-0.4, -0.2) is 31.2 Å². The summed E-state index contributed by atoms with van der Waals surface area (Å²) in [5, 5.41) is 12.0. The number of amides is 2. The van der Waals surface area contributed by atoms with E-state index in [2.05, 4.69) is 5.32 Å². The van der Waals surface area contributed by atoms with E-state index >= 15 is 0 Å². The third-order valence-electron chi connectivity index (χ3n) is 6.61. The second kappa shape index (κ2) is 9.33. The Morgan fingerprint density at radius 1 is 1.09 bits per heavy atom. The van der Waals surface area contributed by atoms with Crippen molar-refractivity contribution < 1.29 is 23.2 Å². The smallest absolute Gasteiger partial charge is 0.245 e. The second-order valence-corrected chi connectivity index (χ2v) is 12.2. The van der Waals surface area contributed by atoms with E-state index < -0.39 is 20.5 Å². The molecular formula is C23H28N2O5S2. The van der Waals surface area contributed by atoms with Crippen molar-refractivity contribution in [1.29, 1.82) is 0 Å². The molecule has 0 spiro atoms. The van der Waals surface area contributed by atoms with Gasteiger partial charge in [-0.25, -0.2) is 13.9 Å². The predicted octanol–water partition coefficient (Wildman–Crippen LogP) is 4.23. The number of carbonyl (C=O) groups excluding carboxylic acids is 2. The Labute approximate surface area is 192 Å². The Hall–Kier alpha value is -2.23. The highest BCUT2D eigenvalue weighted by Crippen LogP contribution is 2.47. The SMILES string of the molecule is O=C(C[C@]1(c2ccc(-c3cccc(NC(=O)C4CCCC4)c3)s2)CCCCS1(=O)=O)NO. The summed E-state index contributed by atoms with van der Waals surface area (Å²) in [7, 11) is -3.56. The van der Waals surface area contributed by atoms with E-state index in [-0.39, 0.29) is 24.0 Å². The van der Waals surface area contributed by atoms with Crippen molar-refractivity contribution in [1.82, 2.24) is 5.48 Å². The fourth-order valence-electron chi connectivity index (χ4n) is 4.83. The molecule has 1 aliphatic carbocycles. The van der Waals surface area contributed by atoms with Crippen molar-refractivity contribution in [3.63, 3.8) is 0 Å². The van der Waals surface area contributed by atoms with Gasteiger partial charge in [-0.05, 0) is 55.5 Å². The van der Waals surface area contributed by atoms with Crippen LogP contribution < -0.4 is 10.8 Å². The molecule has 1 aromatic carbocycles. The molecule has 1 saturated heterocycles. The molecule has 1 aromatic heterocycles. The van der Waals surface area contributed by atoms with Crippen molar-refractivity contribution in [2.45, 2.75) is 56.1 Å². The lowest BCUT2D eigenvalue weighted by atomic mass is 9.94. The van der Waals surface area contributed by atoms with Crippen LogP contribution in [0.15, 0.2) is 36.4 Å². The molecule has 0 radical (unpaired) electrons. The zero-order valence-corrected chi connectivity index (χ0v) is 19.4. The lowest BCUT2D eigenvalue weighted by molar-refractivity contribution is -0.130. The third kappa shape index (κ3) is 4.46. The number of hydrogen-bond donors (Lipinski definition) is 3. The van der Waals surface area contributed by atoms with Crippen LogP contribution in [0.5, 0.6) is 0 Å². The van der Waals surface area contributed by atoms with Gasteiger partial charge in [0.05, 0.1) is 12.2 Å². The summed E-state index contributed by atoms with van der Waals surface area (Å²) in [6.45, 7) is 0. The van der Waals surface area contributed by atoms with E-state index in [9.17, 15) is 18.0 Å². The molecule has 4 rings (SSSR count). The van der Waals surface area contributed by atoms with E-state index in [1.54, 1.807) is 11.5 Å². The van der Waals surface area contributed by atoms with E-state index in [0.717, 1.165) is 36.1 Å². The number of benzene rings is 1. The van der Waals surface area contributed by atoms with Crippen LogP contribution in [0.1, 0.15) is 56.2 Å². The first kappa shape index (κ1) is 22.9. The van der Waals surface area contributed by atoms with Crippen LogP contribution in [0.25, 0.3) is 10.4 Å². The molecule has 3 N–H and O–H groups in total. The van der Waals surface area contributed by atoms with Gasteiger partial charge >= 0.3 is 0 Å². The van der Waals surface area contributed by atoms with Gasteiger partial charge in [-0.2, -0.15) is 0 Å². The lowest BCUT2D eigenvalue weighted by Crippen LogP contribution is -2.43. The van der Waals surface area contributed by atoms with Gasteiger partial charge in [0.1, 0.15) is 4.75 Å². The fraction of sp³-hybridized carbons (Fsp3) is 0.478. The van der Waals surface area contributed by atoms with Crippen LogP contribution in [-0.2, 0) is 24.2 Å². The molecule has 7 nitrogen and oxygen atoms in total. The molecule has 32 heavy (non-hydrogen) atoms. The van der Waals surface area contributed by atoms with Crippen molar-refractivity contribution in [2.75, 3.05) is 11.1 Å². The van der Waals surface area contributed by atoms with Gasteiger partial charge in [-0.15, -0.1) is 11.3 Å². The summed E-state index contributed by atoms with van der Waals surface area (Å²) in [5.41, 5.74) is 3.18. The molecule has 0 bridgehead atoms. The van der Waals surface area contributed by atoms with Crippen LogP contribution in [0.4, 0.5) is 5.69 Å². The molecule has 1 saturated carbocycles. The standard InChI is InChI=1S/C23H28N2O5S2/c26-21(25-28)15-23(12-3-4-13-32(23,29)30)20-11-10-19(31-20)17-8-5-9-18(14-17)24-22(27)16-6-1-2-7-16/h5,8-11,14,16,28H,1-4,6-7,12-13,15H2,(H,24,27)(H,25,26)/t23-/m0/s1. The Morgan fingerprint density at radius 3 is 2.59 bits per heavy atom. The second-order valence-electron chi connectivity index (χ2n) is 8.70. The van der Waals surface area contributed by atoms with E-state index in [1.807, 2.05) is 30.3 Å². The summed E-state index contributed by atoms with van der Waals surface area (Å²) >= 11 is 1.35. The van der Waals surface area contributed by atoms with Crippen molar-refractivity contribution in [3.8, 4) is 10.4 Å². The Morgan fingerprint density at radius 2 is 1.88 bits per heavy atom. The van der Waals surface area contributed by atoms with Gasteiger partial charge in [0.2, 0.25) is 11.8 Å². The highest BCUT2D eigenvalue weighted by atomic mass is 32.2. The molecular weight excluding hydrogens is 448 g/mol. The largest absolute Gasteiger partial charge is 0.326 e. The summed E-state index contributed by atoms with van der Waals surface area (Å²) < 4.78 is 24.9. The quantitative estimate of drug-likeness (QED) is 0.427. The molecule has 1 aliphatic heterocycles. The van der Waals surface area contributed by atoms with Gasteiger partial charge in [0, 0.05) is 21.4 Å². The summed E-state index contributed by atoms with van der Waals surface area (Å²) in [5.74, 6) is -0.557. The van der Waals surface area contributed by atoms with Crippen LogP contribution in [0.3, 0.4) is 0 Å². The zero-order valence-electron chi connectivity index (χ0n) is 17.8. The van der Waals surface area contributed by atoms with Crippen LogP contribution >= 0.6 is 11.3 Å². The minimum absolute atomic E-state index is 0.0294. The van der Waals surface area contributed by atoms with Gasteiger partial charge in [0.25, 0.3) is 0 Å². The molecule has 2 aliphatic rings. The molecule has 172 valence electrons. The first-order valence-electron chi connectivity index (χ1n) is 11.0. The average Bonchev–Trinajstić information content (AvgIpc) is 3.48. The first-order chi connectivity index (χ1) is 15.3. The normalized spacial score (nSPS) is 23.0. The van der Waals surface area contributed by atoms with Gasteiger partial charge in [-0.3, -0.25) is 14.8 Å². The third-order valence-corrected chi connectivity index (χ3v) is 10.7. The fourth-order valence-corrected chi connectivity index (χ4v) is 8.61. The number of thiophene rings is 1. The average molecular weight is 477 g/mol. The van der Waals surface area contributed by atoms with Crippen LogP contribution in [0, 0.1) is 5.92 Å². The summed E-state index contributed by atoms with van der Waals surface area (Å²) in [6, 6.07) is 11.2. The number of sulfone groups is 1. The number of nitrogens with one attached hydrogen (secondary N) is 2. The molecule has 2 amide bonds. The maximum absolute atomic E-state index is 13.1. The molecule has 0 unspecified atom stereocenters. The van der Waals surface area contributed by atoms with Gasteiger partial charge in [0.15, 0.2) is 9.84 Å². The topological polar surface area (TPSA) is 113 Å². The molecule has 1 atom stereocenters. The Bertz CT molecular complexity index is 1110. The highest BCUT2D eigenvalue weighted by molar-refractivity contribution is 7.92.